The standard InChI is InChI=1S/C21H20F3NO2/c1-12-8-13(2)20-18(9-12)17(10-19(26)27)14(3)25(20)11-15-4-6-16(7-5-15)21(22,23)24/h4-9H,10-11H2,1-3H3,(H,26,27). The summed E-state index contributed by atoms with van der Waals surface area (Å²) in [6.45, 7) is 6.16. The van der Waals surface area contributed by atoms with Gasteiger partial charge in [0, 0.05) is 17.6 Å². The molecule has 1 aromatic heterocycles. The van der Waals surface area contributed by atoms with Crippen LogP contribution in [0.15, 0.2) is 36.4 Å². The second-order valence-electron chi connectivity index (χ2n) is 6.89. The summed E-state index contributed by atoms with van der Waals surface area (Å²) in [6.07, 6.45) is -4.46. The predicted molar refractivity (Wildman–Crippen MR) is 98.0 cm³/mol. The summed E-state index contributed by atoms with van der Waals surface area (Å²) >= 11 is 0. The zero-order chi connectivity index (χ0) is 19.9. The van der Waals surface area contributed by atoms with Gasteiger partial charge in [-0.15, -0.1) is 0 Å². The van der Waals surface area contributed by atoms with Crippen molar-refractivity contribution in [2.24, 2.45) is 0 Å². The number of halogens is 3. The Morgan fingerprint density at radius 2 is 1.70 bits per heavy atom. The number of hydrogen-bond donors (Lipinski definition) is 1. The Morgan fingerprint density at radius 1 is 1.07 bits per heavy atom. The van der Waals surface area contributed by atoms with Gasteiger partial charge in [-0.2, -0.15) is 13.2 Å². The lowest BCUT2D eigenvalue weighted by atomic mass is 10.0. The van der Waals surface area contributed by atoms with Gasteiger partial charge >= 0.3 is 12.1 Å². The van der Waals surface area contributed by atoms with Crippen LogP contribution in [-0.2, 0) is 23.9 Å². The number of carboxylic acids is 1. The highest BCUT2D eigenvalue weighted by molar-refractivity contribution is 5.91. The number of aromatic nitrogens is 1. The molecule has 142 valence electrons. The minimum absolute atomic E-state index is 0.0920. The van der Waals surface area contributed by atoms with Crippen LogP contribution in [0.25, 0.3) is 10.9 Å². The molecule has 0 saturated carbocycles. The highest BCUT2D eigenvalue weighted by Gasteiger charge is 2.30. The van der Waals surface area contributed by atoms with Gasteiger partial charge in [-0.25, -0.2) is 0 Å². The third-order valence-electron chi connectivity index (χ3n) is 4.83. The highest BCUT2D eigenvalue weighted by atomic mass is 19.4. The van der Waals surface area contributed by atoms with Crippen LogP contribution in [0.5, 0.6) is 0 Å². The van der Waals surface area contributed by atoms with Crippen molar-refractivity contribution < 1.29 is 23.1 Å². The minimum atomic E-state index is -4.36. The number of hydrogen-bond acceptors (Lipinski definition) is 1. The average molecular weight is 375 g/mol. The van der Waals surface area contributed by atoms with Crippen molar-refractivity contribution in [2.75, 3.05) is 0 Å². The maximum atomic E-state index is 12.8. The molecule has 1 heterocycles. The molecule has 2 aromatic carbocycles. The first kappa shape index (κ1) is 19.0. The molecule has 3 nitrogen and oxygen atoms in total. The van der Waals surface area contributed by atoms with E-state index in [0.29, 0.717) is 6.54 Å². The lowest BCUT2D eigenvalue weighted by Gasteiger charge is -2.12. The van der Waals surface area contributed by atoms with Gasteiger partial charge in [-0.3, -0.25) is 4.79 Å². The Labute approximate surface area is 155 Å². The summed E-state index contributed by atoms with van der Waals surface area (Å²) in [6, 6.07) is 9.08. The average Bonchev–Trinajstić information content (AvgIpc) is 2.80. The quantitative estimate of drug-likeness (QED) is 0.676. The van der Waals surface area contributed by atoms with E-state index >= 15 is 0 Å². The van der Waals surface area contributed by atoms with Crippen molar-refractivity contribution >= 4 is 16.9 Å². The van der Waals surface area contributed by atoms with Gasteiger partial charge in [-0.05, 0) is 55.7 Å². The fraction of sp³-hybridized carbons (Fsp3) is 0.286. The van der Waals surface area contributed by atoms with Crippen LogP contribution in [0.1, 0.15) is 33.5 Å². The Balaban J connectivity index is 2.11. The monoisotopic (exact) mass is 375 g/mol. The Hall–Kier alpha value is -2.76. The number of aryl methyl sites for hydroxylation is 2. The van der Waals surface area contributed by atoms with E-state index in [-0.39, 0.29) is 6.42 Å². The number of carboxylic acid groups (broad SMARTS) is 1. The topological polar surface area (TPSA) is 42.2 Å². The summed E-state index contributed by atoms with van der Waals surface area (Å²) in [5, 5.41) is 10.2. The maximum Gasteiger partial charge on any atom is 0.416 e. The van der Waals surface area contributed by atoms with E-state index < -0.39 is 17.7 Å². The van der Waals surface area contributed by atoms with E-state index in [2.05, 4.69) is 0 Å². The van der Waals surface area contributed by atoms with Gasteiger partial charge in [0.2, 0.25) is 0 Å². The summed E-state index contributed by atoms with van der Waals surface area (Å²) < 4.78 is 40.3. The van der Waals surface area contributed by atoms with Crippen LogP contribution >= 0.6 is 0 Å². The number of rotatable bonds is 4. The second-order valence-corrected chi connectivity index (χ2v) is 6.89. The molecule has 0 spiro atoms. The summed E-state index contributed by atoms with van der Waals surface area (Å²) in [4.78, 5) is 11.3. The largest absolute Gasteiger partial charge is 0.481 e. The molecule has 0 aliphatic carbocycles. The third-order valence-corrected chi connectivity index (χ3v) is 4.83. The minimum Gasteiger partial charge on any atom is -0.481 e. The number of fused-ring (bicyclic) bond motifs is 1. The van der Waals surface area contributed by atoms with Crippen LogP contribution < -0.4 is 0 Å². The van der Waals surface area contributed by atoms with Crippen molar-refractivity contribution in [1.82, 2.24) is 4.57 Å². The van der Waals surface area contributed by atoms with Crippen molar-refractivity contribution in [3.63, 3.8) is 0 Å². The van der Waals surface area contributed by atoms with Crippen molar-refractivity contribution in [3.8, 4) is 0 Å². The zero-order valence-electron chi connectivity index (χ0n) is 15.3. The summed E-state index contributed by atoms with van der Waals surface area (Å²) in [5.41, 5.74) is 4.59. The van der Waals surface area contributed by atoms with E-state index in [1.165, 1.54) is 12.1 Å². The molecule has 6 heteroatoms. The zero-order valence-corrected chi connectivity index (χ0v) is 15.3. The molecular weight excluding hydrogens is 355 g/mol. The molecule has 0 saturated heterocycles. The lowest BCUT2D eigenvalue weighted by Crippen LogP contribution is -2.07. The van der Waals surface area contributed by atoms with Gasteiger partial charge < -0.3 is 9.67 Å². The molecular formula is C21H20F3NO2. The van der Waals surface area contributed by atoms with E-state index in [1.54, 1.807) is 0 Å². The predicted octanol–water partition coefficient (Wildman–Crippen LogP) is 5.26. The molecule has 0 bridgehead atoms. The highest BCUT2D eigenvalue weighted by Crippen LogP contribution is 2.32. The molecule has 0 amide bonds. The van der Waals surface area contributed by atoms with Crippen molar-refractivity contribution in [1.29, 1.82) is 0 Å². The molecule has 0 aliphatic rings. The molecule has 0 radical (unpaired) electrons. The van der Waals surface area contributed by atoms with E-state index in [9.17, 15) is 23.1 Å². The maximum absolute atomic E-state index is 12.8. The number of benzene rings is 2. The number of alkyl halides is 3. The Morgan fingerprint density at radius 3 is 2.26 bits per heavy atom. The fourth-order valence-corrected chi connectivity index (χ4v) is 3.63. The third kappa shape index (κ3) is 3.70. The molecule has 0 unspecified atom stereocenters. The molecule has 3 aromatic rings. The van der Waals surface area contributed by atoms with E-state index in [4.69, 9.17) is 0 Å². The van der Waals surface area contributed by atoms with Gasteiger partial charge in [0.1, 0.15) is 0 Å². The van der Waals surface area contributed by atoms with Crippen LogP contribution in [-0.4, -0.2) is 15.6 Å². The van der Waals surface area contributed by atoms with Crippen LogP contribution in [0.4, 0.5) is 13.2 Å². The van der Waals surface area contributed by atoms with E-state index in [0.717, 1.165) is 51.0 Å². The van der Waals surface area contributed by atoms with Crippen molar-refractivity contribution in [3.05, 3.63) is 69.9 Å². The smallest absolute Gasteiger partial charge is 0.416 e. The van der Waals surface area contributed by atoms with Gasteiger partial charge in [0.15, 0.2) is 0 Å². The fourth-order valence-electron chi connectivity index (χ4n) is 3.63. The molecule has 1 N–H and O–H groups in total. The lowest BCUT2D eigenvalue weighted by molar-refractivity contribution is -0.138. The van der Waals surface area contributed by atoms with Crippen molar-refractivity contribution in [2.45, 2.75) is 39.9 Å². The second kappa shape index (κ2) is 6.76. The summed E-state index contributed by atoms with van der Waals surface area (Å²) in [5.74, 6) is -0.911. The van der Waals surface area contributed by atoms with Gasteiger partial charge in [0.25, 0.3) is 0 Å². The normalized spacial score (nSPS) is 11.9. The van der Waals surface area contributed by atoms with Crippen LogP contribution in [0, 0.1) is 20.8 Å². The first-order valence-electron chi connectivity index (χ1n) is 8.54. The Bertz CT molecular complexity index is 1010. The molecule has 27 heavy (non-hydrogen) atoms. The molecule has 3 rings (SSSR count). The first-order valence-corrected chi connectivity index (χ1v) is 8.54. The molecule has 0 atom stereocenters. The van der Waals surface area contributed by atoms with Gasteiger partial charge in [-0.1, -0.05) is 23.8 Å². The molecule has 0 aliphatic heterocycles. The number of aliphatic carboxylic acids is 1. The van der Waals surface area contributed by atoms with E-state index in [1.807, 2.05) is 37.5 Å². The number of nitrogens with zero attached hydrogens (tertiary/aromatic N) is 1. The van der Waals surface area contributed by atoms with Crippen LogP contribution in [0.3, 0.4) is 0 Å². The first-order chi connectivity index (χ1) is 12.6. The SMILES string of the molecule is Cc1cc(C)c2c(c1)c(CC(=O)O)c(C)n2Cc1ccc(C(F)(F)F)cc1. The van der Waals surface area contributed by atoms with Crippen LogP contribution in [0.2, 0.25) is 0 Å². The summed E-state index contributed by atoms with van der Waals surface area (Å²) in [7, 11) is 0. The molecule has 0 fully saturated rings. The number of carbonyl (C=O) groups is 1. The van der Waals surface area contributed by atoms with Gasteiger partial charge in [0.05, 0.1) is 17.5 Å². The Kier molecular flexibility index (Phi) is 4.76.